The van der Waals surface area contributed by atoms with Gasteiger partial charge in [0.15, 0.2) is 0 Å². The molecule has 2 N–H and O–H groups in total. The van der Waals surface area contributed by atoms with Crippen LogP contribution in [0.3, 0.4) is 0 Å². The molecule has 2 amide bonds. The van der Waals surface area contributed by atoms with Crippen LogP contribution in [0.5, 0.6) is 0 Å². The predicted molar refractivity (Wildman–Crippen MR) is 66.4 cm³/mol. The summed E-state index contributed by atoms with van der Waals surface area (Å²) in [4.78, 5) is 22.8. The van der Waals surface area contributed by atoms with Gasteiger partial charge in [0.1, 0.15) is 5.76 Å². The molecule has 7 heteroatoms. The molecule has 102 valence electrons. The summed E-state index contributed by atoms with van der Waals surface area (Å²) >= 11 is 0. The van der Waals surface area contributed by atoms with Gasteiger partial charge in [-0.25, -0.2) is 5.43 Å². The number of amides is 2. The number of hydrazone groups is 1. The van der Waals surface area contributed by atoms with Crippen molar-refractivity contribution in [2.45, 2.75) is 18.9 Å². The van der Waals surface area contributed by atoms with Gasteiger partial charge in [-0.3, -0.25) is 9.59 Å². The first-order valence-electron chi connectivity index (χ1n) is 6.02. The fraction of sp³-hybridized carbons (Fsp3) is 0.417. The number of nitrogens with one attached hydrogen (secondary N) is 2. The predicted octanol–water partition coefficient (Wildman–Crippen LogP) is 0.0249. The van der Waals surface area contributed by atoms with E-state index in [2.05, 4.69) is 15.8 Å². The highest BCUT2D eigenvalue weighted by molar-refractivity contribution is 6.35. The van der Waals surface area contributed by atoms with Crippen LogP contribution in [0, 0.1) is 0 Å². The maximum Gasteiger partial charge on any atom is 0.329 e. The van der Waals surface area contributed by atoms with Crippen LogP contribution in [0.4, 0.5) is 0 Å². The zero-order valence-corrected chi connectivity index (χ0v) is 10.3. The molecule has 2 heterocycles. The van der Waals surface area contributed by atoms with Gasteiger partial charge in [-0.1, -0.05) is 0 Å². The van der Waals surface area contributed by atoms with Crippen LogP contribution in [-0.4, -0.2) is 37.3 Å². The quantitative estimate of drug-likeness (QED) is 0.456. The Kier molecular flexibility index (Phi) is 4.68. The van der Waals surface area contributed by atoms with Crippen molar-refractivity contribution in [2.75, 3.05) is 13.2 Å². The lowest BCUT2D eigenvalue weighted by molar-refractivity contribution is -0.139. The van der Waals surface area contributed by atoms with Crippen LogP contribution >= 0.6 is 0 Å². The van der Waals surface area contributed by atoms with E-state index >= 15 is 0 Å². The number of hydrogen-bond donors (Lipinski definition) is 2. The summed E-state index contributed by atoms with van der Waals surface area (Å²) in [5.41, 5.74) is 2.11. The van der Waals surface area contributed by atoms with Gasteiger partial charge in [-0.05, 0) is 25.0 Å². The summed E-state index contributed by atoms with van der Waals surface area (Å²) < 4.78 is 10.3. The van der Waals surface area contributed by atoms with Crippen molar-refractivity contribution in [3.63, 3.8) is 0 Å². The molecule has 2 rings (SSSR count). The van der Waals surface area contributed by atoms with Crippen molar-refractivity contribution in [1.29, 1.82) is 0 Å². The molecular weight excluding hydrogens is 250 g/mol. The van der Waals surface area contributed by atoms with Crippen molar-refractivity contribution in [1.82, 2.24) is 10.7 Å². The molecule has 7 nitrogen and oxygen atoms in total. The Hall–Kier alpha value is -2.15. The number of hydrogen-bond acceptors (Lipinski definition) is 5. The minimum absolute atomic E-state index is 0.00312. The number of carbonyl (C=O) groups excluding carboxylic acids is 2. The number of furan rings is 1. The van der Waals surface area contributed by atoms with E-state index in [0.717, 1.165) is 12.8 Å². The smallest absolute Gasteiger partial charge is 0.329 e. The average molecular weight is 265 g/mol. The fourth-order valence-electron chi connectivity index (χ4n) is 1.66. The van der Waals surface area contributed by atoms with Gasteiger partial charge in [-0.2, -0.15) is 5.10 Å². The summed E-state index contributed by atoms with van der Waals surface area (Å²) in [7, 11) is 0. The Bertz CT molecular complexity index is 450. The summed E-state index contributed by atoms with van der Waals surface area (Å²) in [5.74, 6) is -1.06. The second-order valence-electron chi connectivity index (χ2n) is 4.06. The Morgan fingerprint density at radius 1 is 1.47 bits per heavy atom. The first kappa shape index (κ1) is 13.3. The van der Waals surface area contributed by atoms with Crippen molar-refractivity contribution in [3.05, 3.63) is 24.2 Å². The van der Waals surface area contributed by atoms with Crippen LogP contribution < -0.4 is 10.7 Å². The monoisotopic (exact) mass is 265 g/mol. The maximum atomic E-state index is 11.4. The zero-order valence-electron chi connectivity index (χ0n) is 10.3. The van der Waals surface area contributed by atoms with E-state index in [1.807, 2.05) is 0 Å². The fourth-order valence-corrected chi connectivity index (χ4v) is 1.66. The Morgan fingerprint density at radius 2 is 2.37 bits per heavy atom. The molecule has 0 spiro atoms. The van der Waals surface area contributed by atoms with Gasteiger partial charge in [0.2, 0.25) is 0 Å². The largest absolute Gasteiger partial charge is 0.463 e. The van der Waals surface area contributed by atoms with Gasteiger partial charge in [-0.15, -0.1) is 0 Å². The van der Waals surface area contributed by atoms with E-state index in [1.54, 1.807) is 12.1 Å². The second kappa shape index (κ2) is 6.69. The molecule has 1 aromatic heterocycles. The third-order valence-corrected chi connectivity index (χ3v) is 2.62. The average Bonchev–Trinajstić information content (AvgIpc) is 3.08. The van der Waals surface area contributed by atoms with Crippen LogP contribution in [0.15, 0.2) is 27.9 Å². The van der Waals surface area contributed by atoms with Gasteiger partial charge in [0.05, 0.1) is 18.6 Å². The maximum absolute atomic E-state index is 11.4. The third-order valence-electron chi connectivity index (χ3n) is 2.62. The van der Waals surface area contributed by atoms with E-state index in [9.17, 15) is 9.59 Å². The number of carbonyl (C=O) groups is 2. The summed E-state index contributed by atoms with van der Waals surface area (Å²) in [6, 6.07) is 3.37. The molecule has 1 aliphatic rings. The van der Waals surface area contributed by atoms with Crippen molar-refractivity contribution < 1.29 is 18.7 Å². The Balaban J connectivity index is 1.68. The topological polar surface area (TPSA) is 92.9 Å². The second-order valence-corrected chi connectivity index (χ2v) is 4.06. The molecule has 1 aromatic rings. The van der Waals surface area contributed by atoms with Gasteiger partial charge in [0.25, 0.3) is 0 Å². The highest BCUT2D eigenvalue weighted by Crippen LogP contribution is 2.10. The minimum Gasteiger partial charge on any atom is -0.463 e. The molecule has 1 unspecified atom stereocenters. The molecule has 1 saturated heterocycles. The molecule has 1 atom stereocenters. The van der Waals surface area contributed by atoms with E-state index in [1.165, 1.54) is 12.5 Å². The molecular formula is C12H15N3O4. The summed E-state index contributed by atoms with van der Waals surface area (Å²) in [5, 5.41) is 6.10. The zero-order chi connectivity index (χ0) is 13.5. The standard InChI is InChI=1S/C12H15N3O4/c16-11(13-7-9-3-1-5-18-9)12(17)15-14-8-10-4-2-6-19-10/h2,4,6,8-9H,1,3,5,7H2,(H,13,16)(H,15,17). The Labute approximate surface area is 110 Å². The van der Waals surface area contributed by atoms with E-state index in [-0.39, 0.29) is 6.10 Å². The summed E-state index contributed by atoms with van der Waals surface area (Å²) in [6.45, 7) is 1.05. The molecule has 0 bridgehead atoms. The SMILES string of the molecule is O=C(NCC1CCCO1)C(=O)NN=Cc1ccco1. The highest BCUT2D eigenvalue weighted by Gasteiger charge is 2.18. The Morgan fingerprint density at radius 3 is 3.05 bits per heavy atom. The molecule has 0 radical (unpaired) electrons. The van der Waals surface area contributed by atoms with Crippen molar-refractivity contribution >= 4 is 18.0 Å². The van der Waals surface area contributed by atoms with Gasteiger partial charge < -0.3 is 14.5 Å². The lowest BCUT2D eigenvalue weighted by Gasteiger charge is -2.09. The molecule has 0 aliphatic carbocycles. The third kappa shape index (κ3) is 4.22. The van der Waals surface area contributed by atoms with Gasteiger partial charge in [0, 0.05) is 13.2 Å². The first-order valence-corrected chi connectivity index (χ1v) is 6.02. The van der Waals surface area contributed by atoms with E-state index in [0.29, 0.717) is 18.9 Å². The van der Waals surface area contributed by atoms with Gasteiger partial charge >= 0.3 is 11.8 Å². The van der Waals surface area contributed by atoms with Crippen LogP contribution in [0.25, 0.3) is 0 Å². The van der Waals surface area contributed by atoms with Crippen molar-refractivity contribution in [2.24, 2.45) is 5.10 Å². The molecule has 1 aliphatic heterocycles. The normalized spacial score (nSPS) is 18.6. The lowest BCUT2D eigenvalue weighted by Crippen LogP contribution is -2.41. The highest BCUT2D eigenvalue weighted by atomic mass is 16.5. The molecule has 0 saturated carbocycles. The minimum atomic E-state index is -0.819. The lowest BCUT2D eigenvalue weighted by atomic mass is 10.2. The number of rotatable bonds is 4. The van der Waals surface area contributed by atoms with E-state index in [4.69, 9.17) is 9.15 Å². The summed E-state index contributed by atoms with van der Waals surface area (Å²) in [6.07, 6.45) is 4.69. The molecule has 1 fully saturated rings. The van der Waals surface area contributed by atoms with Crippen LogP contribution in [0.1, 0.15) is 18.6 Å². The number of ether oxygens (including phenoxy) is 1. The molecule has 0 aromatic carbocycles. The van der Waals surface area contributed by atoms with Crippen LogP contribution in [0.2, 0.25) is 0 Å². The first-order chi connectivity index (χ1) is 9.25. The van der Waals surface area contributed by atoms with Crippen molar-refractivity contribution in [3.8, 4) is 0 Å². The number of nitrogens with zero attached hydrogens (tertiary/aromatic N) is 1. The van der Waals surface area contributed by atoms with E-state index < -0.39 is 11.8 Å². The van der Waals surface area contributed by atoms with Crippen LogP contribution in [-0.2, 0) is 14.3 Å². The molecule has 19 heavy (non-hydrogen) atoms.